The number of nitrogens with one attached hydrogen (secondary N) is 1. The van der Waals surface area contributed by atoms with E-state index in [1.54, 1.807) is 6.20 Å². The van der Waals surface area contributed by atoms with Crippen molar-refractivity contribution in [3.63, 3.8) is 0 Å². The number of aromatic nitrogens is 2. The summed E-state index contributed by atoms with van der Waals surface area (Å²) in [6.07, 6.45) is 4.03. The van der Waals surface area contributed by atoms with Gasteiger partial charge in [0.2, 0.25) is 5.89 Å². The van der Waals surface area contributed by atoms with Crippen molar-refractivity contribution < 1.29 is 4.42 Å². The molecule has 0 bridgehead atoms. The maximum absolute atomic E-state index is 5.80. The first-order valence-corrected chi connectivity index (χ1v) is 5.71. The lowest BCUT2D eigenvalue weighted by Crippen LogP contribution is -2.41. The van der Waals surface area contributed by atoms with Gasteiger partial charge >= 0.3 is 0 Å². The molecule has 1 N–H and O–H groups in total. The topological polar surface area (TPSA) is 51.0 Å². The minimum atomic E-state index is 0.0128. The predicted octanol–water partition coefficient (Wildman–Crippen LogP) is 1.86. The number of oxazole rings is 1. The standard InChI is InChI=1S/C12H15N3O/c1-12(5-3-6-13-8-12)11-15-10-9(16-11)4-2-7-14-10/h2,4,7,13H,3,5-6,8H2,1H3. The lowest BCUT2D eigenvalue weighted by atomic mass is 9.83. The van der Waals surface area contributed by atoms with E-state index in [4.69, 9.17) is 4.42 Å². The SMILES string of the molecule is CC1(c2nc3ncccc3o2)CCCNC1. The zero-order chi connectivity index (χ0) is 11.0. The van der Waals surface area contributed by atoms with Gasteiger partial charge < -0.3 is 9.73 Å². The molecule has 0 aromatic carbocycles. The fraction of sp³-hybridized carbons (Fsp3) is 0.500. The van der Waals surface area contributed by atoms with Gasteiger partial charge in [-0.25, -0.2) is 4.98 Å². The molecule has 1 atom stereocenters. The van der Waals surface area contributed by atoms with Crippen molar-refractivity contribution in [2.24, 2.45) is 0 Å². The summed E-state index contributed by atoms with van der Waals surface area (Å²) in [7, 11) is 0. The minimum absolute atomic E-state index is 0.0128. The summed E-state index contributed by atoms with van der Waals surface area (Å²) in [6, 6.07) is 3.79. The maximum atomic E-state index is 5.80. The maximum Gasteiger partial charge on any atom is 0.204 e. The van der Waals surface area contributed by atoms with Crippen LogP contribution < -0.4 is 5.32 Å². The number of fused-ring (bicyclic) bond motifs is 1. The monoisotopic (exact) mass is 217 g/mol. The number of hydrogen-bond acceptors (Lipinski definition) is 4. The van der Waals surface area contributed by atoms with Crippen LogP contribution in [0.1, 0.15) is 25.7 Å². The predicted molar refractivity (Wildman–Crippen MR) is 61.3 cm³/mol. The molecule has 1 aliphatic rings. The largest absolute Gasteiger partial charge is 0.438 e. The van der Waals surface area contributed by atoms with Crippen molar-refractivity contribution in [3.05, 3.63) is 24.2 Å². The van der Waals surface area contributed by atoms with E-state index >= 15 is 0 Å². The van der Waals surface area contributed by atoms with Crippen LogP contribution in [-0.2, 0) is 5.41 Å². The van der Waals surface area contributed by atoms with E-state index in [0.717, 1.165) is 31.0 Å². The van der Waals surface area contributed by atoms with E-state index in [9.17, 15) is 0 Å². The van der Waals surface area contributed by atoms with E-state index in [1.807, 2.05) is 12.1 Å². The van der Waals surface area contributed by atoms with Gasteiger partial charge in [-0.3, -0.25) is 0 Å². The Balaban J connectivity index is 2.04. The van der Waals surface area contributed by atoms with E-state index in [-0.39, 0.29) is 5.41 Å². The Hall–Kier alpha value is -1.42. The highest BCUT2D eigenvalue weighted by Crippen LogP contribution is 2.31. The van der Waals surface area contributed by atoms with Crippen molar-refractivity contribution >= 4 is 11.2 Å². The van der Waals surface area contributed by atoms with Crippen molar-refractivity contribution in [1.29, 1.82) is 0 Å². The van der Waals surface area contributed by atoms with E-state index < -0.39 is 0 Å². The van der Waals surface area contributed by atoms with Crippen LogP contribution in [0.15, 0.2) is 22.7 Å². The molecule has 1 fully saturated rings. The molecule has 0 aliphatic carbocycles. The zero-order valence-electron chi connectivity index (χ0n) is 9.36. The molecular weight excluding hydrogens is 202 g/mol. The van der Waals surface area contributed by atoms with Crippen LogP contribution in [0.5, 0.6) is 0 Å². The lowest BCUT2D eigenvalue weighted by molar-refractivity contribution is 0.279. The molecule has 4 heteroatoms. The molecule has 4 nitrogen and oxygen atoms in total. The highest BCUT2D eigenvalue weighted by Gasteiger charge is 2.33. The zero-order valence-corrected chi connectivity index (χ0v) is 9.36. The third-order valence-electron chi connectivity index (χ3n) is 3.28. The Morgan fingerprint density at radius 1 is 1.50 bits per heavy atom. The summed E-state index contributed by atoms with van der Waals surface area (Å²) in [6.45, 7) is 4.22. The molecule has 84 valence electrons. The van der Waals surface area contributed by atoms with Gasteiger partial charge in [0, 0.05) is 12.7 Å². The lowest BCUT2D eigenvalue weighted by Gasteiger charge is -2.30. The van der Waals surface area contributed by atoms with Crippen molar-refractivity contribution in [2.45, 2.75) is 25.2 Å². The van der Waals surface area contributed by atoms with Crippen LogP contribution in [0, 0.1) is 0 Å². The Labute approximate surface area is 94.1 Å². The summed E-state index contributed by atoms with van der Waals surface area (Å²) in [4.78, 5) is 8.69. The molecule has 3 rings (SSSR count). The summed E-state index contributed by atoms with van der Waals surface area (Å²) in [5.41, 5.74) is 1.51. The molecule has 0 radical (unpaired) electrons. The Morgan fingerprint density at radius 2 is 2.44 bits per heavy atom. The smallest absolute Gasteiger partial charge is 0.204 e. The molecule has 1 unspecified atom stereocenters. The quantitative estimate of drug-likeness (QED) is 0.792. The number of rotatable bonds is 1. The normalized spacial score (nSPS) is 26.1. The van der Waals surface area contributed by atoms with Gasteiger partial charge in [-0.1, -0.05) is 0 Å². The van der Waals surface area contributed by atoms with Gasteiger partial charge in [0.15, 0.2) is 11.2 Å². The number of nitrogens with zero attached hydrogens (tertiary/aromatic N) is 2. The molecule has 16 heavy (non-hydrogen) atoms. The first-order valence-electron chi connectivity index (χ1n) is 5.71. The van der Waals surface area contributed by atoms with E-state index in [1.165, 1.54) is 6.42 Å². The number of pyridine rings is 1. The summed E-state index contributed by atoms with van der Waals surface area (Å²) in [5.74, 6) is 0.813. The van der Waals surface area contributed by atoms with Crippen LogP contribution >= 0.6 is 0 Å². The van der Waals surface area contributed by atoms with Gasteiger partial charge in [0.25, 0.3) is 0 Å². The van der Waals surface area contributed by atoms with Gasteiger partial charge in [-0.15, -0.1) is 0 Å². The molecule has 0 spiro atoms. The van der Waals surface area contributed by atoms with Crippen LogP contribution in [0.4, 0.5) is 0 Å². The van der Waals surface area contributed by atoms with Gasteiger partial charge in [-0.2, -0.15) is 4.98 Å². The molecule has 0 saturated carbocycles. The molecule has 0 amide bonds. The average Bonchev–Trinajstić information content (AvgIpc) is 2.74. The second-order valence-corrected chi connectivity index (χ2v) is 4.69. The Kier molecular flexibility index (Phi) is 2.17. The van der Waals surface area contributed by atoms with Crippen LogP contribution in [0.25, 0.3) is 11.2 Å². The van der Waals surface area contributed by atoms with Gasteiger partial charge in [0.1, 0.15) is 0 Å². The Bertz CT molecular complexity index is 467. The van der Waals surface area contributed by atoms with Gasteiger partial charge in [0.05, 0.1) is 5.41 Å². The Morgan fingerprint density at radius 3 is 3.19 bits per heavy atom. The molecule has 1 saturated heterocycles. The van der Waals surface area contributed by atoms with E-state index in [0.29, 0.717) is 5.65 Å². The number of hydrogen-bond donors (Lipinski definition) is 1. The summed E-state index contributed by atoms with van der Waals surface area (Å²) in [5, 5.41) is 3.40. The minimum Gasteiger partial charge on any atom is -0.438 e. The molecule has 1 aliphatic heterocycles. The molecule has 3 heterocycles. The summed E-state index contributed by atoms with van der Waals surface area (Å²) < 4.78 is 5.80. The fourth-order valence-corrected chi connectivity index (χ4v) is 2.27. The van der Waals surface area contributed by atoms with Crippen molar-refractivity contribution in [1.82, 2.24) is 15.3 Å². The summed E-state index contributed by atoms with van der Waals surface area (Å²) >= 11 is 0. The third kappa shape index (κ3) is 1.50. The van der Waals surface area contributed by atoms with Crippen LogP contribution in [-0.4, -0.2) is 23.1 Å². The second-order valence-electron chi connectivity index (χ2n) is 4.69. The molecule has 2 aromatic heterocycles. The third-order valence-corrected chi connectivity index (χ3v) is 3.28. The second kappa shape index (κ2) is 3.56. The molecular formula is C12H15N3O. The fourth-order valence-electron chi connectivity index (χ4n) is 2.27. The van der Waals surface area contributed by atoms with Crippen molar-refractivity contribution in [2.75, 3.05) is 13.1 Å². The average molecular weight is 217 g/mol. The van der Waals surface area contributed by atoms with Crippen LogP contribution in [0.2, 0.25) is 0 Å². The van der Waals surface area contributed by atoms with Crippen LogP contribution in [0.3, 0.4) is 0 Å². The first-order chi connectivity index (χ1) is 7.78. The van der Waals surface area contributed by atoms with E-state index in [2.05, 4.69) is 22.2 Å². The van der Waals surface area contributed by atoms with Gasteiger partial charge in [-0.05, 0) is 38.4 Å². The van der Waals surface area contributed by atoms with Crippen molar-refractivity contribution in [3.8, 4) is 0 Å². The molecule has 2 aromatic rings. The first kappa shape index (κ1) is 9.78. The number of piperidine rings is 1. The highest BCUT2D eigenvalue weighted by molar-refractivity contribution is 5.67. The highest BCUT2D eigenvalue weighted by atomic mass is 16.3.